The molecule has 2 amide bonds. The summed E-state index contributed by atoms with van der Waals surface area (Å²) < 4.78 is 27.0. The molecule has 9 heteroatoms. The maximum Gasteiger partial charge on any atom is 0.254 e. The van der Waals surface area contributed by atoms with Crippen LogP contribution in [0.15, 0.2) is 54.6 Å². The van der Waals surface area contributed by atoms with Crippen LogP contribution in [0.25, 0.3) is 0 Å². The van der Waals surface area contributed by atoms with Crippen LogP contribution < -0.4 is 29.0 Å². The lowest BCUT2D eigenvalue weighted by Crippen LogP contribution is -2.44. The first kappa shape index (κ1) is 25.7. The lowest BCUT2D eigenvalue weighted by molar-refractivity contribution is -0.119. The summed E-state index contributed by atoms with van der Waals surface area (Å²) in [4.78, 5) is 29.1. The number of nitrogens with zero attached hydrogens (tertiary/aromatic N) is 1. The van der Waals surface area contributed by atoms with Crippen molar-refractivity contribution in [3.63, 3.8) is 0 Å². The predicted molar refractivity (Wildman–Crippen MR) is 138 cm³/mol. The van der Waals surface area contributed by atoms with Gasteiger partial charge in [0.05, 0.1) is 53.2 Å². The van der Waals surface area contributed by atoms with E-state index in [1.807, 2.05) is 12.1 Å². The van der Waals surface area contributed by atoms with Crippen LogP contribution in [0.4, 0.5) is 5.69 Å². The number of fused-ring (bicyclic) bond motifs is 1. The largest absolute Gasteiger partial charge is 0.497 e. The zero-order valence-corrected chi connectivity index (χ0v) is 21.7. The molecule has 1 aliphatic rings. The third-order valence-corrected chi connectivity index (χ3v) is 6.58. The molecule has 37 heavy (non-hydrogen) atoms. The van der Waals surface area contributed by atoms with Gasteiger partial charge in [0.1, 0.15) is 17.2 Å². The lowest BCUT2D eigenvalue weighted by Gasteiger charge is -2.40. The summed E-state index contributed by atoms with van der Waals surface area (Å²) in [7, 11) is 9.36. The highest BCUT2D eigenvalue weighted by Crippen LogP contribution is 2.46. The van der Waals surface area contributed by atoms with Gasteiger partial charge in [-0.3, -0.25) is 9.59 Å². The van der Waals surface area contributed by atoms with E-state index in [4.69, 9.17) is 23.7 Å². The van der Waals surface area contributed by atoms with Gasteiger partial charge < -0.3 is 33.9 Å². The molecule has 3 aromatic carbocycles. The molecule has 9 nitrogen and oxygen atoms in total. The van der Waals surface area contributed by atoms with Gasteiger partial charge in [-0.2, -0.15) is 0 Å². The summed E-state index contributed by atoms with van der Waals surface area (Å²) in [5.41, 5.74) is 2.15. The third-order valence-electron chi connectivity index (χ3n) is 6.58. The SMILES string of the molecule is COc1ccc([C@@H]2[C@H](C(=O)Nc3ccc(OC)cc3OC)c3cc(OC)c(OC)cc3C(=O)N2C)cc1. The molecule has 1 N–H and O–H groups in total. The van der Waals surface area contributed by atoms with E-state index in [-0.39, 0.29) is 11.8 Å². The number of carbonyl (C=O) groups is 2. The molecular formula is C28H30N2O7. The van der Waals surface area contributed by atoms with E-state index in [1.165, 1.54) is 21.3 Å². The standard InChI is InChI=1S/C28H30N2O7/c1-30-26(16-7-9-17(33-2)10-8-16)25(19-14-23(36-5)24(37-6)15-20(19)28(30)32)27(31)29-21-12-11-18(34-3)13-22(21)35-4/h7-15,25-26H,1-6H3,(H,29,31)/t25-,26-/m1/s1. The van der Waals surface area contributed by atoms with Crippen molar-refractivity contribution in [2.45, 2.75) is 12.0 Å². The van der Waals surface area contributed by atoms with Gasteiger partial charge in [0.25, 0.3) is 5.91 Å². The van der Waals surface area contributed by atoms with E-state index < -0.39 is 12.0 Å². The van der Waals surface area contributed by atoms with Gasteiger partial charge in [0.2, 0.25) is 5.91 Å². The summed E-state index contributed by atoms with van der Waals surface area (Å²) in [5, 5.41) is 2.99. The van der Waals surface area contributed by atoms with Crippen molar-refractivity contribution >= 4 is 17.5 Å². The fourth-order valence-electron chi connectivity index (χ4n) is 4.66. The predicted octanol–water partition coefficient (Wildman–Crippen LogP) is 4.28. The second-order valence-corrected chi connectivity index (χ2v) is 8.46. The molecule has 1 heterocycles. The fourth-order valence-corrected chi connectivity index (χ4v) is 4.66. The molecule has 0 saturated heterocycles. The Hall–Kier alpha value is -4.40. The van der Waals surface area contributed by atoms with Gasteiger partial charge in [0, 0.05) is 18.7 Å². The quantitative estimate of drug-likeness (QED) is 0.487. The van der Waals surface area contributed by atoms with E-state index in [9.17, 15) is 9.59 Å². The summed E-state index contributed by atoms with van der Waals surface area (Å²) in [6.07, 6.45) is 0. The van der Waals surface area contributed by atoms with Gasteiger partial charge in [-0.15, -0.1) is 0 Å². The van der Waals surface area contributed by atoms with Gasteiger partial charge >= 0.3 is 0 Å². The van der Waals surface area contributed by atoms with Crippen molar-refractivity contribution in [1.82, 2.24) is 4.90 Å². The van der Waals surface area contributed by atoms with Crippen molar-refractivity contribution in [2.75, 3.05) is 47.9 Å². The van der Waals surface area contributed by atoms with Crippen molar-refractivity contribution in [2.24, 2.45) is 0 Å². The topological polar surface area (TPSA) is 95.6 Å². The molecular weight excluding hydrogens is 476 g/mol. The normalized spacial score (nSPS) is 16.5. The number of ether oxygens (including phenoxy) is 5. The zero-order chi connectivity index (χ0) is 26.7. The van der Waals surface area contributed by atoms with Crippen LogP contribution in [0, 0.1) is 0 Å². The molecule has 0 saturated carbocycles. The van der Waals surface area contributed by atoms with Gasteiger partial charge in [-0.1, -0.05) is 12.1 Å². The molecule has 0 bridgehead atoms. The Morgan fingerprint density at radius 3 is 1.95 bits per heavy atom. The van der Waals surface area contributed by atoms with Crippen molar-refractivity contribution in [3.05, 3.63) is 71.3 Å². The Balaban J connectivity index is 1.86. The van der Waals surface area contributed by atoms with Crippen molar-refractivity contribution in [1.29, 1.82) is 0 Å². The van der Waals surface area contributed by atoms with E-state index >= 15 is 0 Å². The minimum atomic E-state index is -0.780. The number of carbonyl (C=O) groups excluding carboxylic acids is 2. The minimum absolute atomic E-state index is 0.233. The molecule has 0 spiro atoms. The average molecular weight is 507 g/mol. The Bertz CT molecular complexity index is 1310. The maximum absolute atomic E-state index is 14.0. The van der Waals surface area contributed by atoms with Crippen LogP contribution in [0.5, 0.6) is 28.7 Å². The van der Waals surface area contributed by atoms with Gasteiger partial charge in [0.15, 0.2) is 11.5 Å². The highest BCUT2D eigenvalue weighted by Gasteiger charge is 2.43. The second-order valence-electron chi connectivity index (χ2n) is 8.46. The third kappa shape index (κ3) is 4.72. The first-order valence-electron chi connectivity index (χ1n) is 11.6. The number of anilines is 1. The summed E-state index contributed by atoms with van der Waals surface area (Å²) in [6.45, 7) is 0. The molecule has 1 aliphatic heterocycles. The molecule has 2 atom stereocenters. The van der Waals surface area contributed by atoms with E-state index in [0.717, 1.165) is 5.56 Å². The molecule has 0 aromatic heterocycles. The Labute approximate surface area is 215 Å². The lowest BCUT2D eigenvalue weighted by atomic mass is 9.79. The number of hydrogen-bond acceptors (Lipinski definition) is 7. The van der Waals surface area contributed by atoms with Crippen LogP contribution >= 0.6 is 0 Å². The Kier molecular flexibility index (Phi) is 7.42. The van der Waals surface area contributed by atoms with Gasteiger partial charge in [-0.05, 0) is 47.5 Å². The molecule has 0 radical (unpaired) electrons. The minimum Gasteiger partial charge on any atom is -0.497 e. The van der Waals surface area contributed by atoms with Crippen LogP contribution in [0.2, 0.25) is 0 Å². The van der Waals surface area contributed by atoms with Crippen LogP contribution in [-0.4, -0.2) is 59.3 Å². The summed E-state index contributed by atoms with van der Waals surface area (Å²) in [5.74, 6) is 1.20. The monoisotopic (exact) mass is 506 g/mol. The number of methoxy groups -OCH3 is 5. The first-order chi connectivity index (χ1) is 17.9. The molecule has 0 unspecified atom stereocenters. The second kappa shape index (κ2) is 10.7. The average Bonchev–Trinajstić information content (AvgIpc) is 2.94. The number of amides is 2. The van der Waals surface area contributed by atoms with E-state index in [0.29, 0.717) is 45.6 Å². The van der Waals surface area contributed by atoms with Gasteiger partial charge in [-0.25, -0.2) is 0 Å². The number of rotatable bonds is 8. The van der Waals surface area contributed by atoms with E-state index in [2.05, 4.69) is 5.32 Å². The molecule has 0 fully saturated rings. The molecule has 3 aromatic rings. The van der Waals surface area contributed by atoms with Crippen LogP contribution in [0.1, 0.15) is 33.4 Å². The maximum atomic E-state index is 14.0. The van der Waals surface area contributed by atoms with Crippen molar-refractivity contribution in [3.8, 4) is 28.7 Å². The summed E-state index contributed by atoms with van der Waals surface area (Å²) in [6, 6.07) is 15.2. The van der Waals surface area contributed by atoms with Crippen LogP contribution in [-0.2, 0) is 4.79 Å². The number of benzene rings is 3. The first-order valence-corrected chi connectivity index (χ1v) is 11.6. The number of likely N-dealkylation sites (N-methyl/N-ethyl adjacent to an activating group) is 1. The number of nitrogens with one attached hydrogen (secondary N) is 1. The van der Waals surface area contributed by atoms with E-state index in [1.54, 1.807) is 68.6 Å². The molecule has 0 aliphatic carbocycles. The number of hydrogen-bond donors (Lipinski definition) is 1. The zero-order valence-electron chi connectivity index (χ0n) is 21.7. The molecule has 194 valence electrons. The Morgan fingerprint density at radius 1 is 0.757 bits per heavy atom. The highest BCUT2D eigenvalue weighted by molar-refractivity contribution is 6.05. The Morgan fingerprint density at radius 2 is 1.35 bits per heavy atom. The summed E-state index contributed by atoms with van der Waals surface area (Å²) >= 11 is 0. The van der Waals surface area contributed by atoms with Crippen LogP contribution in [0.3, 0.4) is 0 Å². The smallest absolute Gasteiger partial charge is 0.254 e. The highest BCUT2D eigenvalue weighted by atomic mass is 16.5. The van der Waals surface area contributed by atoms with Crippen molar-refractivity contribution < 1.29 is 33.3 Å². The fraction of sp³-hybridized carbons (Fsp3) is 0.286. The molecule has 4 rings (SSSR count).